The molecule has 100 valence electrons. The predicted octanol–water partition coefficient (Wildman–Crippen LogP) is 3.24. The lowest BCUT2D eigenvalue weighted by Gasteiger charge is -2.17. The van der Waals surface area contributed by atoms with Crippen LogP contribution in [0.5, 0.6) is 0 Å². The molecule has 1 unspecified atom stereocenters. The van der Waals surface area contributed by atoms with E-state index in [2.05, 4.69) is 5.43 Å². The number of rotatable bonds is 4. The molecule has 0 spiro atoms. The number of halogens is 2. The molecule has 2 nitrogen and oxygen atoms in total. The lowest BCUT2D eigenvalue weighted by Crippen LogP contribution is -2.28. The van der Waals surface area contributed by atoms with Gasteiger partial charge in [-0.15, -0.1) is 11.8 Å². The van der Waals surface area contributed by atoms with Crippen LogP contribution >= 0.6 is 11.8 Å². The molecule has 0 fully saturated rings. The smallest absolute Gasteiger partial charge is 0.159 e. The molecule has 0 aliphatic rings. The Labute approximate surface area is 115 Å². The van der Waals surface area contributed by atoms with E-state index < -0.39 is 11.6 Å². The van der Waals surface area contributed by atoms with Crippen LogP contribution in [0.2, 0.25) is 0 Å². The summed E-state index contributed by atoms with van der Waals surface area (Å²) in [5.41, 5.74) is 4.10. The number of hydrogen-bond donors (Lipinski definition) is 2. The van der Waals surface area contributed by atoms with E-state index >= 15 is 0 Å². The Bertz CT molecular complexity index is 558. The summed E-state index contributed by atoms with van der Waals surface area (Å²) in [6, 6.07) is 11.2. The van der Waals surface area contributed by atoms with Crippen LogP contribution in [0.1, 0.15) is 17.2 Å². The van der Waals surface area contributed by atoms with Crippen molar-refractivity contribution in [2.75, 3.05) is 6.26 Å². The van der Waals surface area contributed by atoms with Crippen LogP contribution in [0.3, 0.4) is 0 Å². The highest BCUT2D eigenvalue weighted by molar-refractivity contribution is 7.98. The van der Waals surface area contributed by atoms with Crippen molar-refractivity contribution in [2.24, 2.45) is 5.84 Å². The first kappa shape index (κ1) is 14.0. The van der Waals surface area contributed by atoms with Gasteiger partial charge in [0.15, 0.2) is 11.6 Å². The van der Waals surface area contributed by atoms with E-state index in [1.807, 2.05) is 30.5 Å². The highest BCUT2D eigenvalue weighted by atomic mass is 32.2. The summed E-state index contributed by atoms with van der Waals surface area (Å²) < 4.78 is 26.2. The molecule has 0 aliphatic heterocycles. The molecule has 19 heavy (non-hydrogen) atoms. The molecule has 0 aliphatic carbocycles. The molecule has 0 saturated carbocycles. The summed E-state index contributed by atoms with van der Waals surface area (Å²) in [6.07, 6.45) is 1.99. The van der Waals surface area contributed by atoms with Gasteiger partial charge in [-0.2, -0.15) is 0 Å². The standard InChI is InChI=1S/C14H14F2N2S/c1-19-11-5-2-9(3-6-11)14(18-17)10-4-7-12(15)13(16)8-10/h2-8,14,18H,17H2,1H3. The van der Waals surface area contributed by atoms with Crippen molar-refractivity contribution in [2.45, 2.75) is 10.9 Å². The summed E-state index contributed by atoms with van der Waals surface area (Å²) in [5, 5.41) is 0. The van der Waals surface area contributed by atoms with E-state index in [-0.39, 0.29) is 6.04 Å². The third-order valence-corrected chi connectivity index (χ3v) is 3.64. The predicted molar refractivity (Wildman–Crippen MR) is 73.7 cm³/mol. The zero-order valence-corrected chi connectivity index (χ0v) is 11.2. The Morgan fingerprint density at radius 2 is 1.63 bits per heavy atom. The number of thioether (sulfide) groups is 1. The minimum atomic E-state index is -0.876. The van der Waals surface area contributed by atoms with Crippen molar-refractivity contribution in [3.63, 3.8) is 0 Å². The van der Waals surface area contributed by atoms with Crippen molar-refractivity contribution in [3.8, 4) is 0 Å². The molecular formula is C14H14F2N2S. The number of hydrazine groups is 1. The van der Waals surface area contributed by atoms with Crippen molar-refractivity contribution in [1.82, 2.24) is 5.43 Å². The first-order valence-electron chi connectivity index (χ1n) is 5.70. The molecule has 0 heterocycles. The maximum absolute atomic E-state index is 13.3. The van der Waals surface area contributed by atoms with Gasteiger partial charge in [-0.05, 0) is 41.6 Å². The van der Waals surface area contributed by atoms with Gasteiger partial charge in [0, 0.05) is 4.90 Å². The number of hydrogen-bond acceptors (Lipinski definition) is 3. The average molecular weight is 280 g/mol. The molecule has 0 aromatic heterocycles. The molecule has 0 saturated heterocycles. The second-order valence-electron chi connectivity index (χ2n) is 4.05. The van der Waals surface area contributed by atoms with Gasteiger partial charge in [-0.1, -0.05) is 18.2 Å². The van der Waals surface area contributed by atoms with Gasteiger partial charge in [0.1, 0.15) is 0 Å². The second-order valence-corrected chi connectivity index (χ2v) is 4.93. The van der Waals surface area contributed by atoms with Crippen molar-refractivity contribution in [3.05, 3.63) is 65.2 Å². The van der Waals surface area contributed by atoms with Gasteiger partial charge in [0.05, 0.1) is 6.04 Å². The number of benzene rings is 2. The molecule has 2 aromatic carbocycles. The second kappa shape index (κ2) is 6.14. The van der Waals surface area contributed by atoms with Crippen LogP contribution in [0.25, 0.3) is 0 Å². The first-order chi connectivity index (χ1) is 9.15. The quantitative estimate of drug-likeness (QED) is 0.513. The van der Waals surface area contributed by atoms with E-state index in [4.69, 9.17) is 5.84 Å². The Hall–Kier alpha value is -1.43. The molecule has 0 bridgehead atoms. The molecule has 2 aromatic rings. The minimum absolute atomic E-state index is 0.369. The molecule has 2 rings (SSSR count). The minimum Gasteiger partial charge on any atom is -0.271 e. The van der Waals surface area contributed by atoms with Crippen LogP contribution < -0.4 is 11.3 Å². The molecular weight excluding hydrogens is 266 g/mol. The molecule has 1 atom stereocenters. The molecule has 0 radical (unpaired) electrons. The average Bonchev–Trinajstić information content (AvgIpc) is 2.44. The Morgan fingerprint density at radius 3 is 2.16 bits per heavy atom. The van der Waals surface area contributed by atoms with Crippen molar-refractivity contribution in [1.29, 1.82) is 0 Å². The fourth-order valence-corrected chi connectivity index (χ4v) is 2.28. The van der Waals surface area contributed by atoms with E-state index in [1.165, 1.54) is 6.07 Å². The summed E-state index contributed by atoms with van der Waals surface area (Å²) >= 11 is 1.64. The Morgan fingerprint density at radius 1 is 1.00 bits per heavy atom. The molecule has 0 amide bonds. The Balaban J connectivity index is 2.34. The summed E-state index contributed by atoms with van der Waals surface area (Å²) in [7, 11) is 0. The van der Waals surface area contributed by atoms with Gasteiger partial charge in [-0.25, -0.2) is 14.2 Å². The molecule has 5 heteroatoms. The SMILES string of the molecule is CSc1ccc(C(NN)c2ccc(F)c(F)c2)cc1. The fraction of sp³-hybridized carbons (Fsp3) is 0.143. The zero-order chi connectivity index (χ0) is 13.8. The van der Waals surface area contributed by atoms with Crippen molar-refractivity contribution >= 4 is 11.8 Å². The largest absolute Gasteiger partial charge is 0.271 e. The van der Waals surface area contributed by atoms with Gasteiger partial charge in [-0.3, -0.25) is 5.84 Å². The zero-order valence-electron chi connectivity index (χ0n) is 10.4. The lowest BCUT2D eigenvalue weighted by atomic mass is 9.99. The summed E-state index contributed by atoms with van der Waals surface area (Å²) in [5.74, 6) is 3.78. The Kier molecular flexibility index (Phi) is 4.52. The van der Waals surface area contributed by atoms with E-state index in [1.54, 1.807) is 11.8 Å². The van der Waals surface area contributed by atoms with Gasteiger partial charge in [0.25, 0.3) is 0 Å². The topological polar surface area (TPSA) is 38.0 Å². The third-order valence-electron chi connectivity index (χ3n) is 2.89. The fourth-order valence-electron chi connectivity index (χ4n) is 1.87. The maximum atomic E-state index is 13.3. The van der Waals surface area contributed by atoms with Crippen LogP contribution in [0, 0.1) is 11.6 Å². The van der Waals surface area contributed by atoms with Gasteiger partial charge >= 0.3 is 0 Å². The number of nitrogens with two attached hydrogens (primary N) is 1. The van der Waals surface area contributed by atoms with E-state index in [9.17, 15) is 8.78 Å². The maximum Gasteiger partial charge on any atom is 0.159 e. The van der Waals surface area contributed by atoms with E-state index in [0.29, 0.717) is 5.56 Å². The normalized spacial score (nSPS) is 12.4. The van der Waals surface area contributed by atoms with Crippen LogP contribution in [0.15, 0.2) is 47.4 Å². The summed E-state index contributed by atoms with van der Waals surface area (Å²) in [6.45, 7) is 0. The van der Waals surface area contributed by atoms with Crippen molar-refractivity contribution < 1.29 is 8.78 Å². The number of nitrogens with one attached hydrogen (secondary N) is 1. The highest BCUT2D eigenvalue weighted by Crippen LogP contribution is 2.25. The van der Waals surface area contributed by atoms with Gasteiger partial charge < -0.3 is 0 Å². The monoisotopic (exact) mass is 280 g/mol. The molecule has 3 N–H and O–H groups in total. The van der Waals surface area contributed by atoms with Crippen LogP contribution in [-0.4, -0.2) is 6.26 Å². The first-order valence-corrected chi connectivity index (χ1v) is 6.93. The lowest BCUT2D eigenvalue weighted by molar-refractivity contribution is 0.504. The van der Waals surface area contributed by atoms with Crippen LogP contribution in [0.4, 0.5) is 8.78 Å². The highest BCUT2D eigenvalue weighted by Gasteiger charge is 2.14. The summed E-state index contributed by atoms with van der Waals surface area (Å²) in [4.78, 5) is 1.13. The van der Waals surface area contributed by atoms with E-state index in [0.717, 1.165) is 22.6 Å². The third kappa shape index (κ3) is 3.12. The van der Waals surface area contributed by atoms with Gasteiger partial charge in [0.2, 0.25) is 0 Å². The van der Waals surface area contributed by atoms with Crippen LogP contribution in [-0.2, 0) is 0 Å².